The van der Waals surface area contributed by atoms with E-state index >= 15 is 0 Å². The zero-order chi connectivity index (χ0) is 20.4. The van der Waals surface area contributed by atoms with Gasteiger partial charge in [0.25, 0.3) is 11.7 Å². The van der Waals surface area contributed by atoms with E-state index < -0.39 is 0 Å². The van der Waals surface area contributed by atoms with Gasteiger partial charge < -0.3 is 9.64 Å². The van der Waals surface area contributed by atoms with Crippen LogP contribution in [-0.2, 0) is 6.54 Å². The highest BCUT2D eigenvalue weighted by molar-refractivity contribution is 6.06. The SMILES string of the molecule is COc1cccc(C(=O)N(Cc2nc3nc(C)cc(C)n3n2)c2ccccc2)c1. The smallest absolute Gasteiger partial charge is 0.258 e. The zero-order valence-corrected chi connectivity index (χ0v) is 16.5. The molecule has 2 heterocycles. The molecule has 7 nitrogen and oxygen atoms in total. The number of rotatable bonds is 5. The Kier molecular flexibility index (Phi) is 4.95. The fourth-order valence-electron chi connectivity index (χ4n) is 3.22. The quantitative estimate of drug-likeness (QED) is 0.523. The largest absolute Gasteiger partial charge is 0.497 e. The third-order valence-electron chi connectivity index (χ3n) is 4.59. The predicted octanol–water partition coefficient (Wildman–Crippen LogP) is 3.60. The molecule has 7 heteroatoms. The van der Waals surface area contributed by atoms with E-state index in [0.717, 1.165) is 17.1 Å². The first-order valence-electron chi connectivity index (χ1n) is 9.26. The van der Waals surface area contributed by atoms with Gasteiger partial charge in [0.2, 0.25) is 0 Å². The average molecular weight is 387 g/mol. The molecule has 4 rings (SSSR count). The van der Waals surface area contributed by atoms with Crippen molar-refractivity contribution >= 4 is 17.4 Å². The van der Waals surface area contributed by atoms with Gasteiger partial charge >= 0.3 is 0 Å². The summed E-state index contributed by atoms with van der Waals surface area (Å²) in [5, 5.41) is 4.55. The molecule has 0 bridgehead atoms. The first-order valence-corrected chi connectivity index (χ1v) is 9.26. The molecule has 0 saturated heterocycles. The number of amides is 1. The van der Waals surface area contributed by atoms with Gasteiger partial charge in [0, 0.05) is 22.6 Å². The first kappa shape index (κ1) is 18.6. The van der Waals surface area contributed by atoms with E-state index in [1.807, 2.05) is 56.3 Å². The van der Waals surface area contributed by atoms with Gasteiger partial charge in [0.15, 0.2) is 5.82 Å². The Morgan fingerprint density at radius 1 is 1.03 bits per heavy atom. The molecular weight excluding hydrogens is 366 g/mol. The van der Waals surface area contributed by atoms with Crippen molar-refractivity contribution in [2.24, 2.45) is 0 Å². The summed E-state index contributed by atoms with van der Waals surface area (Å²) in [6.45, 7) is 4.10. The van der Waals surface area contributed by atoms with Crippen LogP contribution < -0.4 is 9.64 Å². The predicted molar refractivity (Wildman–Crippen MR) is 110 cm³/mol. The van der Waals surface area contributed by atoms with Crippen LogP contribution in [-0.4, -0.2) is 32.6 Å². The molecule has 0 fully saturated rings. The van der Waals surface area contributed by atoms with Crippen LogP contribution in [0.1, 0.15) is 27.6 Å². The molecule has 0 atom stereocenters. The summed E-state index contributed by atoms with van der Waals surface area (Å²) in [5.41, 5.74) is 3.11. The summed E-state index contributed by atoms with van der Waals surface area (Å²) in [5.74, 6) is 1.52. The molecule has 0 aliphatic rings. The van der Waals surface area contributed by atoms with Crippen molar-refractivity contribution in [2.75, 3.05) is 12.0 Å². The van der Waals surface area contributed by atoms with Gasteiger partial charge in [-0.1, -0.05) is 24.3 Å². The van der Waals surface area contributed by atoms with Crippen LogP contribution in [0.5, 0.6) is 5.75 Å². The molecule has 0 radical (unpaired) electrons. The van der Waals surface area contributed by atoms with Crippen LogP contribution in [0.15, 0.2) is 60.7 Å². The average Bonchev–Trinajstić information content (AvgIpc) is 3.15. The van der Waals surface area contributed by atoms with E-state index in [1.165, 1.54) is 0 Å². The lowest BCUT2D eigenvalue weighted by Gasteiger charge is -2.21. The second-order valence-corrected chi connectivity index (χ2v) is 6.74. The van der Waals surface area contributed by atoms with Gasteiger partial charge in [-0.25, -0.2) is 9.50 Å². The Morgan fingerprint density at radius 2 is 1.83 bits per heavy atom. The Hall–Kier alpha value is -3.74. The van der Waals surface area contributed by atoms with Gasteiger partial charge in [-0.3, -0.25) is 4.79 Å². The number of hydrogen-bond acceptors (Lipinski definition) is 5. The molecule has 29 heavy (non-hydrogen) atoms. The second-order valence-electron chi connectivity index (χ2n) is 6.74. The van der Waals surface area contributed by atoms with E-state index in [4.69, 9.17) is 4.74 Å². The standard InChI is InChI=1S/C22H21N5O2/c1-15-12-16(2)27-22(23-15)24-20(25-27)14-26(18-9-5-4-6-10-18)21(28)17-8-7-11-19(13-17)29-3/h4-13H,14H2,1-3H3. The Bertz CT molecular complexity index is 1170. The normalized spacial score (nSPS) is 10.9. The van der Waals surface area contributed by atoms with E-state index in [0.29, 0.717) is 22.9 Å². The molecule has 0 aliphatic heterocycles. The molecule has 0 N–H and O–H groups in total. The molecule has 1 amide bonds. The maximum atomic E-state index is 13.3. The molecule has 4 aromatic rings. The van der Waals surface area contributed by atoms with Crippen LogP contribution in [0.3, 0.4) is 0 Å². The van der Waals surface area contributed by atoms with Crippen molar-refractivity contribution in [1.82, 2.24) is 19.6 Å². The minimum Gasteiger partial charge on any atom is -0.497 e. The lowest BCUT2D eigenvalue weighted by atomic mass is 10.1. The third kappa shape index (κ3) is 3.80. The summed E-state index contributed by atoms with van der Waals surface area (Å²) in [6.07, 6.45) is 0. The summed E-state index contributed by atoms with van der Waals surface area (Å²) in [7, 11) is 1.58. The van der Waals surface area contributed by atoms with Gasteiger partial charge in [-0.15, -0.1) is 5.10 Å². The lowest BCUT2D eigenvalue weighted by Crippen LogP contribution is -2.31. The summed E-state index contributed by atoms with van der Waals surface area (Å²) >= 11 is 0. The molecule has 2 aromatic heterocycles. The number of carbonyl (C=O) groups is 1. The number of nitrogens with zero attached hydrogens (tertiary/aromatic N) is 5. The minimum absolute atomic E-state index is 0.158. The number of ether oxygens (including phenoxy) is 1. The summed E-state index contributed by atoms with van der Waals surface area (Å²) in [4.78, 5) is 24.0. The van der Waals surface area contributed by atoms with Crippen molar-refractivity contribution in [3.8, 4) is 5.75 Å². The lowest BCUT2D eigenvalue weighted by molar-refractivity contribution is 0.0984. The number of fused-ring (bicyclic) bond motifs is 1. The van der Waals surface area contributed by atoms with Gasteiger partial charge in [-0.05, 0) is 50.2 Å². The number of aromatic nitrogens is 4. The number of carbonyl (C=O) groups excluding carboxylic acids is 1. The van der Waals surface area contributed by atoms with Gasteiger partial charge in [-0.2, -0.15) is 4.98 Å². The van der Waals surface area contributed by atoms with E-state index in [-0.39, 0.29) is 12.5 Å². The van der Waals surface area contributed by atoms with Gasteiger partial charge in [0.05, 0.1) is 13.7 Å². The maximum Gasteiger partial charge on any atom is 0.258 e. The van der Waals surface area contributed by atoms with Crippen LogP contribution in [0, 0.1) is 13.8 Å². The van der Waals surface area contributed by atoms with Crippen molar-refractivity contribution in [3.05, 3.63) is 83.4 Å². The second kappa shape index (κ2) is 7.71. The van der Waals surface area contributed by atoms with E-state index in [2.05, 4.69) is 15.1 Å². The Balaban J connectivity index is 1.73. The van der Waals surface area contributed by atoms with Crippen molar-refractivity contribution in [1.29, 1.82) is 0 Å². The molecule has 2 aromatic carbocycles. The molecule has 0 spiro atoms. The fourth-order valence-corrected chi connectivity index (χ4v) is 3.22. The highest BCUT2D eigenvalue weighted by atomic mass is 16.5. The van der Waals surface area contributed by atoms with Crippen LogP contribution in [0.4, 0.5) is 5.69 Å². The Labute approximate surface area is 168 Å². The number of hydrogen-bond donors (Lipinski definition) is 0. The molecule has 146 valence electrons. The molecule has 0 saturated carbocycles. The van der Waals surface area contributed by atoms with E-state index in [9.17, 15) is 4.79 Å². The summed E-state index contributed by atoms with van der Waals surface area (Å²) in [6, 6.07) is 18.5. The monoisotopic (exact) mass is 387 g/mol. The fraction of sp³-hybridized carbons (Fsp3) is 0.182. The maximum absolute atomic E-state index is 13.3. The van der Waals surface area contributed by atoms with Gasteiger partial charge in [0.1, 0.15) is 5.75 Å². The number of anilines is 1. The molecule has 0 unspecified atom stereocenters. The topological polar surface area (TPSA) is 72.6 Å². The number of para-hydroxylation sites is 1. The number of benzene rings is 2. The highest BCUT2D eigenvalue weighted by Crippen LogP contribution is 2.21. The number of aryl methyl sites for hydroxylation is 2. The molecular formula is C22H21N5O2. The third-order valence-corrected chi connectivity index (χ3v) is 4.59. The minimum atomic E-state index is -0.158. The van der Waals surface area contributed by atoms with Crippen molar-refractivity contribution in [2.45, 2.75) is 20.4 Å². The number of methoxy groups -OCH3 is 1. The van der Waals surface area contributed by atoms with E-state index in [1.54, 1.807) is 34.7 Å². The summed E-state index contributed by atoms with van der Waals surface area (Å²) < 4.78 is 6.96. The van der Waals surface area contributed by atoms with Crippen molar-refractivity contribution in [3.63, 3.8) is 0 Å². The zero-order valence-electron chi connectivity index (χ0n) is 16.5. The first-order chi connectivity index (χ1) is 14.0. The van der Waals surface area contributed by atoms with Crippen LogP contribution >= 0.6 is 0 Å². The Morgan fingerprint density at radius 3 is 2.59 bits per heavy atom. The highest BCUT2D eigenvalue weighted by Gasteiger charge is 2.21. The van der Waals surface area contributed by atoms with Crippen LogP contribution in [0.25, 0.3) is 5.78 Å². The molecule has 0 aliphatic carbocycles. The van der Waals surface area contributed by atoms with Crippen LogP contribution in [0.2, 0.25) is 0 Å². The van der Waals surface area contributed by atoms with Crippen molar-refractivity contribution < 1.29 is 9.53 Å².